The Kier molecular flexibility index (Phi) is 7.11. The smallest absolute Gasteiger partial charge is 0.240 e. The molecule has 0 aliphatic carbocycles. The van der Waals surface area contributed by atoms with Crippen LogP contribution in [0.25, 0.3) is 0 Å². The maximum absolute atomic E-state index is 12.7. The quantitative estimate of drug-likeness (QED) is 0.709. The van der Waals surface area contributed by atoms with E-state index in [0.29, 0.717) is 5.69 Å². The van der Waals surface area contributed by atoms with E-state index < -0.39 is 10.0 Å². The number of carbonyl (C=O) groups is 1. The second-order valence-corrected chi connectivity index (χ2v) is 10.4. The fourth-order valence-electron chi connectivity index (χ4n) is 3.74. The molecule has 0 saturated heterocycles. The Labute approximate surface area is 175 Å². The van der Waals surface area contributed by atoms with Crippen molar-refractivity contribution in [3.8, 4) is 0 Å². The third-order valence-electron chi connectivity index (χ3n) is 5.09. The summed E-state index contributed by atoms with van der Waals surface area (Å²) < 4.78 is 25.9. The molecule has 2 rings (SSSR count). The van der Waals surface area contributed by atoms with E-state index in [1.54, 1.807) is 6.07 Å². The minimum atomic E-state index is -3.59. The molecule has 2 aromatic rings. The fraction of sp³-hybridized carbons (Fsp3) is 0.435. The number of hydrogen-bond acceptors (Lipinski definition) is 3. The van der Waals surface area contributed by atoms with Crippen LogP contribution in [0.5, 0.6) is 0 Å². The summed E-state index contributed by atoms with van der Waals surface area (Å²) in [6.45, 7) is 9.80. The molecule has 0 aliphatic rings. The molecule has 0 aliphatic heterocycles. The van der Waals surface area contributed by atoms with Crippen LogP contribution < -0.4 is 9.62 Å². The molecule has 1 unspecified atom stereocenters. The van der Waals surface area contributed by atoms with Crippen molar-refractivity contribution < 1.29 is 13.2 Å². The van der Waals surface area contributed by atoms with Gasteiger partial charge in [-0.2, -0.15) is 0 Å². The number of nitrogens with one attached hydrogen (secondary N) is 1. The molecule has 0 spiro atoms. The Morgan fingerprint density at radius 1 is 1.10 bits per heavy atom. The Morgan fingerprint density at radius 2 is 1.72 bits per heavy atom. The van der Waals surface area contributed by atoms with Crippen molar-refractivity contribution >= 4 is 21.6 Å². The number of sulfonamides is 1. The fourth-order valence-corrected chi connectivity index (χ4v) is 4.65. The summed E-state index contributed by atoms with van der Waals surface area (Å²) in [6, 6.07) is 15.6. The number of rotatable bonds is 8. The van der Waals surface area contributed by atoms with Crippen molar-refractivity contribution in [2.45, 2.75) is 52.5 Å². The van der Waals surface area contributed by atoms with Gasteiger partial charge in [0.15, 0.2) is 0 Å². The van der Waals surface area contributed by atoms with Crippen molar-refractivity contribution in [1.82, 2.24) is 5.32 Å². The zero-order valence-corrected chi connectivity index (χ0v) is 19.0. The Balaban J connectivity index is 2.10. The number of nitrogens with zero attached hydrogens (tertiary/aromatic N) is 1. The summed E-state index contributed by atoms with van der Waals surface area (Å²) in [6.07, 6.45) is 1.87. The van der Waals surface area contributed by atoms with E-state index >= 15 is 0 Å². The van der Waals surface area contributed by atoms with Gasteiger partial charge in [-0.3, -0.25) is 9.10 Å². The molecule has 1 atom stereocenters. The zero-order chi connectivity index (χ0) is 21.8. The minimum absolute atomic E-state index is 0.0989. The summed E-state index contributed by atoms with van der Waals surface area (Å²) in [5.41, 5.74) is 3.49. The zero-order valence-electron chi connectivity index (χ0n) is 18.2. The predicted octanol–water partition coefficient (Wildman–Crippen LogP) is 3.94. The monoisotopic (exact) mass is 416 g/mol. The first-order chi connectivity index (χ1) is 13.4. The van der Waals surface area contributed by atoms with Crippen LogP contribution in [0.4, 0.5) is 5.69 Å². The summed E-state index contributed by atoms with van der Waals surface area (Å²) in [5.74, 6) is -0.313. The van der Waals surface area contributed by atoms with Gasteiger partial charge in [0, 0.05) is 6.04 Å². The maximum atomic E-state index is 12.7. The van der Waals surface area contributed by atoms with Crippen molar-refractivity contribution in [1.29, 1.82) is 0 Å². The minimum Gasteiger partial charge on any atom is -0.352 e. The van der Waals surface area contributed by atoms with Crippen molar-refractivity contribution in [2.75, 3.05) is 17.1 Å². The lowest BCUT2D eigenvalue weighted by Crippen LogP contribution is -2.44. The molecule has 29 heavy (non-hydrogen) atoms. The molecule has 0 aromatic heterocycles. The van der Waals surface area contributed by atoms with Gasteiger partial charge in [0.25, 0.3) is 0 Å². The van der Waals surface area contributed by atoms with Crippen LogP contribution in [-0.4, -0.2) is 33.2 Å². The number of benzene rings is 2. The van der Waals surface area contributed by atoms with Gasteiger partial charge in [-0.15, -0.1) is 0 Å². The lowest BCUT2D eigenvalue weighted by molar-refractivity contribution is -0.120. The topological polar surface area (TPSA) is 66.5 Å². The number of hydrogen-bond donors (Lipinski definition) is 1. The first-order valence-electron chi connectivity index (χ1n) is 9.80. The number of carbonyl (C=O) groups excluding carboxylic acids is 1. The molecular weight excluding hydrogens is 384 g/mol. The SMILES string of the molecule is Cc1ccc(N(CC(=O)NC(C)CC(C)(C)c2ccccc2)S(C)(=O)=O)c(C)c1. The van der Waals surface area contributed by atoms with Crippen LogP contribution in [-0.2, 0) is 20.2 Å². The lowest BCUT2D eigenvalue weighted by Gasteiger charge is -2.30. The van der Waals surface area contributed by atoms with E-state index in [4.69, 9.17) is 0 Å². The Bertz CT molecular complexity index is 953. The molecule has 5 nitrogen and oxygen atoms in total. The summed E-state index contributed by atoms with van der Waals surface area (Å²) in [7, 11) is -3.59. The van der Waals surface area contributed by atoms with E-state index in [-0.39, 0.29) is 23.9 Å². The van der Waals surface area contributed by atoms with Crippen LogP contribution in [0.2, 0.25) is 0 Å². The predicted molar refractivity (Wildman–Crippen MR) is 120 cm³/mol. The summed E-state index contributed by atoms with van der Waals surface area (Å²) in [4.78, 5) is 12.7. The largest absolute Gasteiger partial charge is 0.352 e. The van der Waals surface area contributed by atoms with E-state index in [1.807, 2.05) is 51.1 Å². The average molecular weight is 417 g/mol. The molecule has 0 fully saturated rings. The van der Waals surface area contributed by atoms with Gasteiger partial charge in [-0.1, -0.05) is 61.9 Å². The van der Waals surface area contributed by atoms with Gasteiger partial charge >= 0.3 is 0 Å². The van der Waals surface area contributed by atoms with E-state index in [9.17, 15) is 13.2 Å². The highest BCUT2D eigenvalue weighted by molar-refractivity contribution is 7.92. The standard InChI is InChI=1S/C23H32N2O3S/c1-17-12-13-21(18(2)14-17)25(29(6,27)28)16-22(26)24-19(3)15-23(4,5)20-10-8-7-9-11-20/h7-14,19H,15-16H2,1-6H3,(H,24,26). The van der Waals surface area contributed by atoms with Gasteiger partial charge in [0.05, 0.1) is 11.9 Å². The molecule has 158 valence electrons. The van der Waals surface area contributed by atoms with Gasteiger partial charge in [0.1, 0.15) is 6.54 Å². The normalized spacial score (nSPS) is 13.0. The highest BCUT2D eigenvalue weighted by atomic mass is 32.2. The third-order valence-corrected chi connectivity index (χ3v) is 6.21. The van der Waals surface area contributed by atoms with Crippen LogP contribution in [0.1, 0.15) is 43.9 Å². The van der Waals surface area contributed by atoms with Crippen molar-refractivity contribution in [3.05, 3.63) is 65.2 Å². The summed E-state index contributed by atoms with van der Waals surface area (Å²) in [5, 5.41) is 2.96. The van der Waals surface area contributed by atoms with Crippen molar-refractivity contribution in [2.24, 2.45) is 0 Å². The molecule has 0 bridgehead atoms. The van der Waals surface area contributed by atoms with E-state index in [0.717, 1.165) is 23.8 Å². The van der Waals surface area contributed by atoms with E-state index in [2.05, 4.69) is 31.3 Å². The molecule has 0 heterocycles. The number of amides is 1. The molecule has 1 N–H and O–H groups in total. The van der Waals surface area contributed by atoms with Crippen molar-refractivity contribution in [3.63, 3.8) is 0 Å². The highest BCUT2D eigenvalue weighted by Crippen LogP contribution is 2.28. The van der Waals surface area contributed by atoms with Gasteiger partial charge < -0.3 is 5.32 Å². The molecular formula is C23H32N2O3S. The van der Waals surface area contributed by atoms with Crippen LogP contribution in [0, 0.1) is 13.8 Å². The Hall–Kier alpha value is -2.34. The summed E-state index contributed by atoms with van der Waals surface area (Å²) >= 11 is 0. The first-order valence-corrected chi connectivity index (χ1v) is 11.6. The average Bonchev–Trinajstić information content (AvgIpc) is 2.59. The maximum Gasteiger partial charge on any atom is 0.240 e. The van der Waals surface area contributed by atoms with Gasteiger partial charge in [-0.25, -0.2) is 8.42 Å². The second-order valence-electron chi connectivity index (χ2n) is 8.48. The molecule has 1 amide bonds. The molecule has 2 aromatic carbocycles. The van der Waals surface area contributed by atoms with Gasteiger partial charge in [0.2, 0.25) is 15.9 Å². The lowest BCUT2D eigenvalue weighted by atomic mass is 9.79. The van der Waals surface area contributed by atoms with Crippen LogP contribution in [0.3, 0.4) is 0 Å². The number of anilines is 1. The first kappa shape index (κ1) is 22.9. The number of aryl methyl sites for hydroxylation is 2. The molecule has 0 saturated carbocycles. The molecule has 0 radical (unpaired) electrons. The third kappa shape index (κ3) is 6.32. The highest BCUT2D eigenvalue weighted by Gasteiger charge is 2.26. The van der Waals surface area contributed by atoms with Gasteiger partial charge in [-0.05, 0) is 49.8 Å². The Morgan fingerprint density at radius 3 is 2.28 bits per heavy atom. The molecule has 6 heteroatoms. The van der Waals surface area contributed by atoms with E-state index in [1.165, 1.54) is 9.87 Å². The van der Waals surface area contributed by atoms with Crippen LogP contribution in [0.15, 0.2) is 48.5 Å². The van der Waals surface area contributed by atoms with Crippen LogP contribution >= 0.6 is 0 Å². The second kappa shape index (κ2) is 8.99.